The minimum absolute atomic E-state index is 0.133. The summed E-state index contributed by atoms with van der Waals surface area (Å²) in [6.07, 6.45) is 3.84. The van der Waals surface area contributed by atoms with Crippen molar-refractivity contribution in [2.45, 2.75) is 32.6 Å². The number of Topliss-reactive ketones (excluding diaryl/α,β-unsaturated/α-hetero) is 1. The summed E-state index contributed by atoms with van der Waals surface area (Å²) in [6.45, 7) is 3.84. The molecule has 1 heterocycles. The van der Waals surface area contributed by atoms with Crippen LogP contribution < -0.4 is 5.32 Å². The predicted molar refractivity (Wildman–Crippen MR) is 80.2 cm³/mol. The molecule has 19 heavy (non-hydrogen) atoms. The molecule has 1 aliphatic heterocycles. The van der Waals surface area contributed by atoms with Crippen molar-refractivity contribution in [2.24, 2.45) is 5.41 Å². The molecule has 4 heteroatoms. The maximum absolute atomic E-state index is 12.9. The number of ketones is 1. The second-order valence-electron chi connectivity index (χ2n) is 5.26. The second kappa shape index (κ2) is 6.25. The van der Waals surface area contributed by atoms with Crippen LogP contribution in [0.15, 0.2) is 18.2 Å². The summed E-state index contributed by atoms with van der Waals surface area (Å²) in [6, 6.07) is 5.11. The van der Waals surface area contributed by atoms with Crippen molar-refractivity contribution in [1.82, 2.24) is 5.32 Å². The molecule has 0 aliphatic carbocycles. The molecule has 1 fully saturated rings. The van der Waals surface area contributed by atoms with Crippen molar-refractivity contribution in [3.63, 3.8) is 0 Å². The first-order valence-electron chi connectivity index (χ1n) is 6.79. The fourth-order valence-corrected chi connectivity index (χ4v) is 3.30. The lowest BCUT2D eigenvalue weighted by atomic mass is 9.71. The van der Waals surface area contributed by atoms with Crippen LogP contribution in [-0.4, -0.2) is 18.9 Å². The van der Waals surface area contributed by atoms with E-state index < -0.39 is 0 Å². The van der Waals surface area contributed by atoms with Gasteiger partial charge in [-0.1, -0.05) is 36.5 Å². The highest BCUT2D eigenvalue weighted by Gasteiger charge is 2.39. The summed E-state index contributed by atoms with van der Waals surface area (Å²) in [4.78, 5) is 12.9. The van der Waals surface area contributed by atoms with Gasteiger partial charge in [-0.15, -0.1) is 0 Å². The van der Waals surface area contributed by atoms with Gasteiger partial charge in [-0.25, -0.2) is 0 Å². The Morgan fingerprint density at radius 2 is 2.21 bits per heavy atom. The Balaban J connectivity index is 2.36. The minimum atomic E-state index is -0.318. The van der Waals surface area contributed by atoms with Crippen molar-refractivity contribution in [3.05, 3.63) is 33.8 Å². The highest BCUT2D eigenvalue weighted by Crippen LogP contribution is 2.37. The molecule has 1 aromatic carbocycles. The van der Waals surface area contributed by atoms with Crippen molar-refractivity contribution in [3.8, 4) is 0 Å². The summed E-state index contributed by atoms with van der Waals surface area (Å²) in [5, 5.41) is 4.40. The summed E-state index contributed by atoms with van der Waals surface area (Å²) >= 11 is 12.2. The zero-order valence-electron chi connectivity index (χ0n) is 11.1. The summed E-state index contributed by atoms with van der Waals surface area (Å²) in [5.74, 6) is 0.133. The number of hydrogen-bond donors (Lipinski definition) is 1. The van der Waals surface area contributed by atoms with E-state index in [9.17, 15) is 4.79 Å². The number of carbonyl (C=O) groups excluding carboxylic acids is 1. The molecule has 0 saturated carbocycles. The summed E-state index contributed by atoms with van der Waals surface area (Å²) < 4.78 is 0. The second-order valence-corrected chi connectivity index (χ2v) is 6.11. The van der Waals surface area contributed by atoms with Gasteiger partial charge in [0.2, 0.25) is 0 Å². The van der Waals surface area contributed by atoms with Gasteiger partial charge in [0, 0.05) is 22.5 Å². The quantitative estimate of drug-likeness (QED) is 0.838. The van der Waals surface area contributed by atoms with Gasteiger partial charge in [0.15, 0.2) is 5.78 Å². The van der Waals surface area contributed by atoms with E-state index in [1.165, 1.54) is 0 Å². The molecule has 1 atom stereocenters. The van der Waals surface area contributed by atoms with Crippen LogP contribution in [0.5, 0.6) is 0 Å². The van der Waals surface area contributed by atoms with Crippen LogP contribution in [0.1, 0.15) is 43.0 Å². The normalized spacial score (nSPS) is 23.3. The van der Waals surface area contributed by atoms with Crippen LogP contribution in [0.2, 0.25) is 10.0 Å². The van der Waals surface area contributed by atoms with E-state index >= 15 is 0 Å². The number of benzene rings is 1. The van der Waals surface area contributed by atoms with E-state index in [4.69, 9.17) is 23.2 Å². The molecule has 0 aromatic heterocycles. The molecule has 1 saturated heterocycles. The van der Waals surface area contributed by atoms with Gasteiger partial charge in [-0.2, -0.15) is 0 Å². The van der Waals surface area contributed by atoms with Gasteiger partial charge < -0.3 is 5.32 Å². The van der Waals surface area contributed by atoms with E-state index in [1.807, 2.05) is 0 Å². The predicted octanol–water partition coefficient (Wildman–Crippen LogP) is 4.35. The maximum Gasteiger partial charge on any atom is 0.171 e. The van der Waals surface area contributed by atoms with Crippen LogP contribution in [0.25, 0.3) is 0 Å². The van der Waals surface area contributed by atoms with E-state index in [1.54, 1.807) is 18.2 Å². The number of halogens is 2. The van der Waals surface area contributed by atoms with E-state index in [-0.39, 0.29) is 11.2 Å². The van der Waals surface area contributed by atoms with Crippen molar-refractivity contribution in [1.29, 1.82) is 0 Å². The zero-order chi connectivity index (χ0) is 13.9. The number of hydrogen-bond acceptors (Lipinski definition) is 2. The minimum Gasteiger partial charge on any atom is -0.316 e. The SMILES string of the molecule is CCCC1(C(=O)c2cc(Cl)ccc2Cl)CCCNC1. The monoisotopic (exact) mass is 299 g/mol. The van der Waals surface area contributed by atoms with Crippen LogP contribution >= 0.6 is 23.2 Å². The average molecular weight is 300 g/mol. The van der Waals surface area contributed by atoms with Gasteiger partial charge in [0.05, 0.1) is 5.02 Å². The van der Waals surface area contributed by atoms with Gasteiger partial charge in [0.1, 0.15) is 0 Å². The van der Waals surface area contributed by atoms with E-state index in [0.29, 0.717) is 15.6 Å². The first-order chi connectivity index (χ1) is 9.09. The summed E-state index contributed by atoms with van der Waals surface area (Å²) in [7, 11) is 0. The molecular weight excluding hydrogens is 281 g/mol. The third-order valence-electron chi connectivity index (χ3n) is 3.86. The smallest absolute Gasteiger partial charge is 0.171 e. The Morgan fingerprint density at radius 3 is 2.84 bits per heavy atom. The molecule has 0 amide bonds. The van der Waals surface area contributed by atoms with E-state index in [2.05, 4.69) is 12.2 Å². The highest BCUT2D eigenvalue weighted by atomic mass is 35.5. The molecule has 1 unspecified atom stereocenters. The fourth-order valence-electron chi connectivity index (χ4n) is 2.92. The first kappa shape index (κ1) is 14.8. The van der Waals surface area contributed by atoms with Gasteiger partial charge in [-0.3, -0.25) is 4.79 Å². The lowest BCUT2D eigenvalue weighted by Gasteiger charge is -2.36. The fraction of sp³-hybridized carbons (Fsp3) is 0.533. The molecule has 1 aromatic rings. The lowest BCUT2D eigenvalue weighted by Crippen LogP contribution is -2.45. The van der Waals surface area contributed by atoms with E-state index in [0.717, 1.165) is 38.8 Å². The van der Waals surface area contributed by atoms with Crippen LogP contribution in [0.4, 0.5) is 0 Å². The molecule has 2 nitrogen and oxygen atoms in total. The van der Waals surface area contributed by atoms with Crippen molar-refractivity contribution >= 4 is 29.0 Å². The zero-order valence-corrected chi connectivity index (χ0v) is 12.7. The number of nitrogens with one attached hydrogen (secondary N) is 1. The molecule has 0 bridgehead atoms. The highest BCUT2D eigenvalue weighted by molar-refractivity contribution is 6.36. The Kier molecular flexibility index (Phi) is 4.88. The Bertz CT molecular complexity index is 462. The molecule has 0 radical (unpaired) electrons. The van der Waals surface area contributed by atoms with Gasteiger partial charge in [0.25, 0.3) is 0 Å². The number of carbonyl (C=O) groups is 1. The van der Waals surface area contributed by atoms with Crippen LogP contribution in [-0.2, 0) is 0 Å². The Labute approximate surface area is 124 Å². The number of piperidine rings is 1. The topological polar surface area (TPSA) is 29.1 Å². The molecule has 1 N–H and O–H groups in total. The third kappa shape index (κ3) is 3.13. The average Bonchev–Trinajstić information content (AvgIpc) is 2.42. The molecule has 104 valence electrons. The molecular formula is C15H19Cl2NO. The molecule has 2 rings (SSSR count). The Hall–Kier alpha value is -0.570. The summed E-state index contributed by atoms with van der Waals surface area (Å²) in [5.41, 5.74) is 0.243. The third-order valence-corrected chi connectivity index (χ3v) is 4.42. The van der Waals surface area contributed by atoms with Gasteiger partial charge in [-0.05, 0) is 44.0 Å². The largest absolute Gasteiger partial charge is 0.316 e. The molecule has 0 spiro atoms. The lowest BCUT2D eigenvalue weighted by molar-refractivity contribution is 0.0718. The molecule has 1 aliphatic rings. The maximum atomic E-state index is 12.9. The van der Waals surface area contributed by atoms with Crippen molar-refractivity contribution in [2.75, 3.05) is 13.1 Å². The number of rotatable bonds is 4. The van der Waals surface area contributed by atoms with Gasteiger partial charge >= 0.3 is 0 Å². The van der Waals surface area contributed by atoms with Crippen LogP contribution in [0.3, 0.4) is 0 Å². The Morgan fingerprint density at radius 1 is 1.42 bits per heavy atom. The first-order valence-corrected chi connectivity index (χ1v) is 7.55. The van der Waals surface area contributed by atoms with Crippen molar-refractivity contribution < 1.29 is 4.79 Å². The standard InChI is InChI=1S/C15H19Cl2NO/c1-2-6-15(7-3-8-18-10-15)14(19)12-9-11(16)4-5-13(12)17/h4-5,9,18H,2-3,6-8,10H2,1H3. The van der Waals surface area contributed by atoms with Crippen LogP contribution in [0, 0.1) is 5.41 Å².